The molecule has 0 aromatic carbocycles. The Labute approximate surface area is 94.8 Å². The maximum absolute atomic E-state index is 5.84. The van der Waals surface area contributed by atoms with Crippen LogP contribution in [-0.2, 0) is 0 Å². The lowest BCUT2D eigenvalue weighted by Crippen LogP contribution is -2.15. The number of anilines is 2. The van der Waals surface area contributed by atoms with Gasteiger partial charge in [0.1, 0.15) is 5.82 Å². The standard InChI is InChI=1S/C11H17N3S/c1-8-4-5-10(12)11(14-8)13-7-9-3-2-6-15-9/h4-5,9H,2-3,6-7,12H2,1H3,(H,13,14). The Kier molecular flexibility index (Phi) is 3.36. The predicted octanol–water partition coefficient (Wildman–Crippen LogP) is 2.28. The fourth-order valence-corrected chi connectivity index (χ4v) is 2.93. The normalized spacial score (nSPS) is 20.5. The predicted molar refractivity (Wildman–Crippen MR) is 67.4 cm³/mol. The molecule has 1 aromatic heterocycles. The summed E-state index contributed by atoms with van der Waals surface area (Å²) < 4.78 is 0. The molecule has 4 heteroatoms. The summed E-state index contributed by atoms with van der Waals surface area (Å²) in [6, 6.07) is 3.84. The molecule has 0 saturated carbocycles. The largest absolute Gasteiger partial charge is 0.396 e. The van der Waals surface area contributed by atoms with Crippen LogP contribution in [0.25, 0.3) is 0 Å². The third-order valence-electron chi connectivity index (χ3n) is 2.59. The van der Waals surface area contributed by atoms with Crippen molar-refractivity contribution < 1.29 is 0 Å². The van der Waals surface area contributed by atoms with Crippen molar-refractivity contribution in [3.05, 3.63) is 17.8 Å². The van der Waals surface area contributed by atoms with Crippen molar-refractivity contribution in [3.8, 4) is 0 Å². The number of nitrogens with zero attached hydrogens (tertiary/aromatic N) is 1. The zero-order valence-electron chi connectivity index (χ0n) is 8.99. The number of nitrogens with two attached hydrogens (primary N) is 1. The van der Waals surface area contributed by atoms with E-state index in [9.17, 15) is 0 Å². The highest BCUT2D eigenvalue weighted by Crippen LogP contribution is 2.26. The Morgan fingerprint density at radius 2 is 2.47 bits per heavy atom. The molecule has 0 radical (unpaired) electrons. The van der Waals surface area contributed by atoms with Gasteiger partial charge in [0.2, 0.25) is 0 Å². The lowest BCUT2D eigenvalue weighted by atomic mass is 10.2. The molecule has 1 saturated heterocycles. The molecule has 0 aliphatic carbocycles. The first-order chi connectivity index (χ1) is 7.25. The first-order valence-corrected chi connectivity index (χ1v) is 6.39. The van der Waals surface area contributed by atoms with Gasteiger partial charge in [0.15, 0.2) is 0 Å². The molecule has 2 rings (SSSR count). The number of hydrogen-bond acceptors (Lipinski definition) is 4. The SMILES string of the molecule is Cc1ccc(N)c(NCC2CCCS2)n1. The summed E-state index contributed by atoms with van der Waals surface area (Å²) in [5, 5.41) is 4.07. The maximum atomic E-state index is 5.84. The number of aromatic nitrogens is 1. The van der Waals surface area contributed by atoms with E-state index < -0.39 is 0 Å². The first kappa shape index (κ1) is 10.6. The van der Waals surface area contributed by atoms with E-state index in [2.05, 4.69) is 10.3 Å². The number of aryl methyl sites for hydroxylation is 1. The van der Waals surface area contributed by atoms with Crippen LogP contribution in [-0.4, -0.2) is 22.5 Å². The number of thioether (sulfide) groups is 1. The van der Waals surface area contributed by atoms with Gasteiger partial charge in [-0.1, -0.05) is 0 Å². The van der Waals surface area contributed by atoms with Crippen LogP contribution in [0, 0.1) is 6.92 Å². The van der Waals surface area contributed by atoms with Crippen molar-refractivity contribution in [2.24, 2.45) is 0 Å². The van der Waals surface area contributed by atoms with E-state index in [1.54, 1.807) is 0 Å². The molecule has 3 nitrogen and oxygen atoms in total. The maximum Gasteiger partial charge on any atom is 0.149 e. The summed E-state index contributed by atoms with van der Waals surface area (Å²) in [6.45, 7) is 2.96. The van der Waals surface area contributed by atoms with Gasteiger partial charge < -0.3 is 11.1 Å². The molecule has 0 bridgehead atoms. The molecular weight excluding hydrogens is 206 g/mol. The minimum absolute atomic E-state index is 0.728. The van der Waals surface area contributed by atoms with Gasteiger partial charge in [-0.3, -0.25) is 0 Å². The average Bonchev–Trinajstić information content (AvgIpc) is 2.72. The molecule has 0 amide bonds. The summed E-state index contributed by atoms with van der Waals surface area (Å²) in [5.41, 5.74) is 7.59. The second-order valence-corrected chi connectivity index (χ2v) is 5.31. The zero-order chi connectivity index (χ0) is 10.7. The monoisotopic (exact) mass is 223 g/mol. The van der Waals surface area contributed by atoms with Crippen LogP contribution < -0.4 is 11.1 Å². The van der Waals surface area contributed by atoms with Gasteiger partial charge >= 0.3 is 0 Å². The van der Waals surface area contributed by atoms with Gasteiger partial charge in [0.05, 0.1) is 5.69 Å². The van der Waals surface area contributed by atoms with E-state index in [0.717, 1.165) is 29.0 Å². The van der Waals surface area contributed by atoms with Gasteiger partial charge in [-0.15, -0.1) is 0 Å². The quantitative estimate of drug-likeness (QED) is 0.825. The lowest BCUT2D eigenvalue weighted by Gasteiger charge is -2.12. The number of rotatable bonds is 3. The van der Waals surface area contributed by atoms with Gasteiger partial charge in [-0.05, 0) is 37.7 Å². The number of nitrogen functional groups attached to an aromatic ring is 1. The van der Waals surface area contributed by atoms with Gasteiger partial charge in [-0.2, -0.15) is 11.8 Å². The summed E-state index contributed by atoms with van der Waals surface area (Å²) >= 11 is 2.04. The minimum atomic E-state index is 0.728. The summed E-state index contributed by atoms with van der Waals surface area (Å²) in [7, 11) is 0. The highest BCUT2D eigenvalue weighted by molar-refractivity contribution is 8.00. The van der Waals surface area contributed by atoms with Gasteiger partial charge in [0, 0.05) is 17.5 Å². The van der Waals surface area contributed by atoms with E-state index in [4.69, 9.17) is 5.73 Å². The van der Waals surface area contributed by atoms with Crippen LogP contribution in [0.2, 0.25) is 0 Å². The second-order valence-electron chi connectivity index (χ2n) is 3.91. The van der Waals surface area contributed by atoms with Crippen molar-refractivity contribution in [1.82, 2.24) is 4.98 Å². The smallest absolute Gasteiger partial charge is 0.149 e. The second kappa shape index (κ2) is 4.75. The van der Waals surface area contributed by atoms with Crippen LogP contribution in [0.3, 0.4) is 0 Å². The fourth-order valence-electron chi connectivity index (χ4n) is 1.72. The van der Waals surface area contributed by atoms with E-state index in [1.165, 1.54) is 18.6 Å². The Balaban J connectivity index is 1.94. The number of hydrogen-bond donors (Lipinski definition) is 2. The van der Waals surface area contributed by atoms with Crippen LogP contribution in [0.4, 0.5) is 11.5 Å². The Morgan fingerprint density at radius 1 is 1.60 bits per heavy atom. The Hall–Kier alpha value is -0.900. The van der Waals surface area contributed by atoms with Crippen LogP contribution in [0.15, 0.2) is 12.1 Å². The summed E-state index contributed by atoms with van der Waals surface area (Å²) in [6.07, 6.45) is 2.65. The van der Waals surface area contributed by atoms with E-state index >= 15 is 0 Å². The number of pyridine rings is 1. The third-order valence-corrected chi connectivity index (χ3v) is 3.99. The molecule has 1 fully saturated rings. The molecule has 1 aliphatic heterocycles. The molecule has 0 spiro atoms. The van der Waals surface area contributed by atoms with Crippen LogP contribution >= 0.6 is 11.8 Å². The van der Waals surface area contributed by atoms with Crippen molar-refractivity contribution in [3.63, 3.8) is 0 Å². The molecule has 2 heterocycles. The molecule has 82 valence electrons. The molecule has 1 atom stereocenters. The van der Waals surface area contributed by atoms with E-state index in [-0.39, 0.29) is 0 Å². The molecule has 1 aromatic rings. The Bertz CT molecular complexity index is 335. The highest BCUT2D eigenvalue weighted by atomic mass is 32.2. The topological polar surface area (TPSA) is 50.9 Å². The third kappa shape index (κ3) is 2.78. The van der Waals surface area contributed by atoms with Crippen molar-refractivity contribution in [2.75, 3.05) is 23.3 Å². The van der Waals surface area contributed by atoms with Crippen molar-refractivity contribution in [1.29, 1.82) is 0 Å². The molecular formula is C11H17N3S. The zero-order valence-corrected chi connectivity index (χ0v) is 9.81. The molecule has 1 aliphatic rings. The first-order valence-electron chi connectivity index (χ1n) is 5.34. The summed E-state index contributed by atoms with van der Waals surface area (Å²) in [5.74, 6) is 2.13. The Morgan fingerprint density at radius 3 is 3.20 bits per heavy atom. The lowest BCUT2D eigenvalue weighted by molar-refractivity contribution is 0.803. The molecule has 1 unspecified atom stereocenters. The van der Waals surface area contributed by atoms with Crippen molar-refractivity contribution in [2.45, 2.75) is 25.0 Å². The van der Waals surface area contributed by atoms with Crippen LogP contribution in [0.1, 0.15) is 18.5 Å². The number of nitrogens with one attached hydrogen (secondary N) is 1. The molecule has 3 N–H and O–H groups in total. The average molecular weight is 223 g/mol. The fraction of sp³-hybridized carbons (Fsp3) is 0.545. The van der Waals surface area contributed by atoms with Crippen molar-refractivity contribution >= 4 is 23.3 Å². The highest BCUT2D eigenvalue weighted by Gasteiger charge is 2.15. The molecule has 15 heavy (non-hydrogen) atoms. The van der Waals surface area contributed by atoms with Gasteiger partial charge in [-0.25, -0.2) is 4.98 Å². The minimum Gasteiger partial charge on any atom is -0.396 e. The van der Waals surface area contributed by atoms with E-state index in [1.807, 2.05) is 30.8 Å². The van der Waals surface area contributed by atoms with Gasteiger partial charge in [0.25, 0.3) is 0 Å². The van der Waals surface area contributed by atoms with Crippen LogP contribution in [0.5, 0.6) is 0 Å². The van der Waals surface area contributed by atoms with E-state index in [0.29, 0.717) is 0 Å². The summed E-state index contributed by atoms with van der Waals surface area (Å²) in [4.78, 5) is 4.39.